The summed E-state index contributed by atoms with van der Waals surface area (Å²) in [5.74, 6) is 0.688. The van der Waals surface area contributed by atoms with Gasteiger partial charge < -0.3 is 0 Å². The molecule has 1 saturated carbocycles. The molecule has 3 heteroatoms. The van der Waals surface area contributed by atoms with Gasteiger partial charge in [0.1, 0.15) is 0 Å². The average Bonchev–Trinajstić information content (AvgIpc) is 2.12. The van der Waals surface area contributed by atoms with Crippen LogP contribution < -0.4 is 0 Å². The lowest BCUT2D eigenvalue weighted by Crippen LogP contribution is -2.11. The molecule has 10 heavy (non-hydrogen) atoms. The van der Waals surface area contributed by atoms with Crippen LogP contribution in [0.3, 0.4) is 0 Å². The molecule has 1 aliphatic rings. The summed E-state index contributed by atoms with van der Waals surface area (Å²) in [6, 6.07) is 0. The minimum atomic E-state index is -3.97. The number of hydrogen-bond donors (Lipinski definition) is 0. The zero-order valence-corrected chi connectivity index (χ0v) is 5.67. The Labute approximate surface area is 58.4 Å². The van der Waals surface area contributed by atoms with Gasteiger partial charge in [-0.2, -0.15) is 13.2 Å². The van der Waals surface area contributed by atoms with Gasteiger partial charge in [-0.15, -0.1) is 0 Å². The molecule has 0 aromatic heterocycles. The van der Waals surface area contributed by atoms with Gasteiger partial charge in [0, 0.05) is 6.42 Å². The van der Waals surface area contributed by atoms with Crippen LogP contribution >= 0.6 is 0 Å². The van der Waals surface area contributed by atoms with Crippen molar-refractivity contribution in [1.82, 2.24) is 0 Å². The molecule has 59 valence electrons. The van der Waals surface area contributed by atoms with Gasteiger partial charge in [-0.3, -0.25) is 0 Å². The Hall–Kier alpha value is -0.210. The Morgan fingerprint density at radius 3 is 2.00 bits per heavy atom. The Balaban J connectivity index is 2.24. The van der Waals surface area contributed by atoms with E-state index in [1.54, 1.807) is 0 Å². The van der Waals surface area contributed by atoms with Crippen molar-refractivity contribution < 1.29 is 13.2 Å². The third-order valence-corrected chi connectivity index (χ3v) is 1.76. The molecular formula is C7H10F3. The first kappa shape index (κ1) is 7.89. The van der Waals surface area contributed by atoms with Crippen molar-refractivity contribution >= 4 is 0 Å². The molecule has 0 amide bonds. The van der Waals surface area contributed by atoms with Crippen LogP contribution in [0.1, 0.15) is 32.1 Å². The smallest absolute Gasteiger partial charge is 0.171 e. The molecule has 1 radical (unpaired) electrons. The van der Waals surface area contributed by atoms with Crippen molar-refractivity contribution in [2.45, 2.75) is 38.3 Å². The number of alkyl halides is 3. The fourth-order valence-corrected chi connectivity index (χ4v) is 1.34. The second-order valence-corrected chi connectivity index (χ2v) is 2.75. The quantitative estimate of drug-likeness (QED) is 0.540. The second kappa shape index (κ2) is 2.81. The van der Waals surface area contributed by atoms with Crippen molar-refractivity contribution in [2.75, 3.05) is 0 Å². The summed E-state index contributed by atoms with van der Waals surface area (Å²) in [6.45, 7) is 0. The maximum absolute atomic E-state index is 11.7. The molecule has 0 N–H and O–H groups in total. The highest BCUT2D eigenvalue weighted by molar-refractivity contribution is 4.96. The molecule has 0 aromatic carbocycles. The van der Waals surface area contributed by atoms with Crippen LogP contribution in [-0.4, -0.2) is 6.18 Å². The monoisotopic (exact) mass is 151 g/mol. The Kier molecular flexibility index (Phi) is 2.21. The van der Waals surface area contributed by atoms with Crippen molar-refractivity contribution in [3.63, 3.8) is 0 Å². The summed E-state index contributed by atoms with van der Waals surface area (Å²) in [6.07, 6.45) is -1.33. The minimum Gasteiger partial charge on any atom is -0.171 e. The maximum Gasteiger partial charge on any atom is 0.389 e. The predicted octanol–water partition coefficient (Wildman–Crippen LogP) is 3.09. The van der Waals surface area contributed by atoms with Crippen molar-refractivity contribution in [1.29, 1.82) is 0 Å². The van der Waals surface area contributed by atoms with Crippen LogP contribution in [0.4, 0.5) is 13.2 Å². The molecule has 0 spiro atoms. The summed E-state index contributed by atoms with van der Waals surface area (Å²) in [5.41, 5.74) is 0. The zero-order valence-electron chi connectivity index (χ0n) is 5.67. The maximum atomic E-state index is 11.7. The van der Waals surface area contributed by atoms with E-state index in [2.05, 4.69) is 0 Å². The van der Waals surface area contributed by atoms with Crippen molar-refractivity contribution in [3.8, 4) is 0 Å². The summed E-state index contributed by atoms with van der Waals surface area (Å²) in [7, 11) is 0. The zero-order chi connectivity index (χ0) is 7.61. The molecule has 0 nitrogen and oxygen atoms in total. The van der Waals surface area contributed by atoms with Gasteiger partial charge in [0.25, 0.3) is 0 Å². The van der Waals surface area contributed by atoms with Gasteiger partial charge in [-0.05, 0) is 18.8 Å². The van der Waals surface area contributed by atoms with Crippen molar-refractivity contribution in [3.05, 3.63) is 5.92 Å². The summed E-state index contributed by atoms with van der Waals surface area (Å²) in [5, 5.41) is 0. The number of rotatable bonds is 1. The molecule has 0 heterocycles. The van der Waals surface area contributed by atoms with Gasteiger partial charge in [-0.1, -0.05) is 12.8 Å². The fourth-order valence-electron chi connectivity index (χ4n) is 1.34. The highest BCUT2D eigenvalue weighted by Crippen LogP contribution is 2.36. The van der Waals surface area contributed by atoms with Gasteiger partial charge in [0.05, 0.1) is 0 Å². The van der Waals surface area contributed by atoms with Crippen LogP contribution in [0.25, 0.3) is 0 Å². The molecule has 1 aliphatic carbocycles. The minimum absolute atomic E-state index is 0.646. The molecular weight excluding hydrogens is 141 g/mol. The number of hydrogen-bond acceptors (Lipinski definition) is 0. The SMILES string of the molecule is FC(F)(F)C[C]1CCCC1. The van der Waals surface area contributed by atoms with Gasteiger partial charge >= 0.3 is 6.18 Å². The van der Waals surface area contributed by atoms with E-state index in [0.29, 0.717) is 18.8 Å². The van der Waals surface area contributed by atoms with Gasteiger partial charge in [0.2, 0.25) is 0 Å². The molecule has 0 bridgehead atoms. The van der Waals surface area contributed by atoms with Crippen LogP contribution in [0.5, 0.6) is 0 Å². The Morgan fingerprint density at radius 2 is 1.60 bits per heavy atom. The highest BCUT2D eigenvalue weighted by atomic mass is 19.4. The lowest BCUT2D eigenvalue weighted by Gasteiger charge is -2.10. The Bertz CT molecular complexity index is 99.9. The first-order chi connectivity index (χ1) is 4.58. The molecule has 0 saturated heterocycles. The first-order valence-corrected chi connectivity index (χ1v) is 3.48. The highest BCUT2D eigenvalue weighted by Gasteiger charge is 2.33. The van der Waals surface area contributed by atoms with Crippen LogP contribution in [0.15, 0.2) is 0 Å². The van der Waals surface area contributed by atoms with Gasteiger partial charge in [0.15, 0.2) is 0 Å². The summed E-state index contributed by atoms with van der Waals surface area (Å²) < 4.78 is 35.1. The van der Waals surface area contributed by atoms with E-state index in [1.807, 2.05) is 0 Å². The molecule has 0 unspecified atom stereocenters. The number of halogens is 3. The van der Waals surface area contributed by atoms with Crippen LogP contribution in [0.2, 0.25) is 0 Å². The molecule has 1 rings (SSSR count). The fraction of sp³-hybridized carbons (Fsp3) is 0.857. The summed E-state index contributed by atoms with van der Waals surface area (Å²) >= 11 is 0. The van der Waals surface area contributed by atoms with Crippen molar-refractivity contribution in [2.24, 2.45) is 0 Å². The molecule has 0 aromatic rings. The third-order valence-electron chi connectivity index (χ3n) is 1.76. The molecule has 1 fully saturated rings. The molecule has 0 atom stereocenters. The lowest BCUT2D eigenvalue weighted by molar-refractivity contribution is -0.131. The van der Waals surface area contributed by atoms with E-state index >= 15 is 0 Å². The van der Waals surface area contributed by atoms with E-state index in [0.717, 1.165) is 12.8 Å². The van der Waals surface area contributed by atoms with Crippen LogP contribution in [-0.2, 0) is 0 Å². The van der Waals surface area contributed by atoms with E-state index < -0.39 is 12.6 Å². The standard InChI is InChI=1S/C7H10F3/c8-7(9,10)5-6-3-1-2-4-6/h1-5H2. The first-order valence-electron chi connectivity index (χ1n) is 3.48. The lowest BCUT2D eigenvalue weighted by atomic mass is 10.0. The second-order valence-electron chi connectivity index (χ2n) is 2.75. The summed E-state index contributed by atoms with van der Waals surface area (Å²) in [4.78, 5) is 0. The third kappa shape index (κ3) is 2.58. The van der Waals surface area contributed by atoms with E-state index in [9.17, 15) is 13.2 Å². The molecule has 0 aliphatic heterocycles. The van der Waals surface area contributed by atoms with Gasteiger partial charge in [-0.25, -0.2) is 0 Å². The average molecular weight is 151 g/mol. The van der Waals surface area contributed by atoms with E-state index in [1.165, 1.54) is 0 Å². The van der Waals surface area contributed by atoms with Crippen LogP contribution in [0, 0.1) is 5.92 Å². The topological polar surface area (TPSA) is 0 Å². The Morgan fingerprint density at radius 1 is 1.10 bits per heavy atom. The normalized spacial score (nSPS) is 21.9. The predicted molar refractivity (Wildman–Crippen MR) is 32.4 cm³/mol. The van der Waals surface area contributed by atoms with E-state index in [4.69, 9.17) is 0 Å². The van der Waals surface area contributed by atoms with E-state index in [-0.39, 0.29) is 0 Å². The largest absolute Gasteiger partial charge is 0.389 e.